The lowest BCUT2D eigenvalue weighted by molar-refractivity contribution is -0.128. The number of fused-ring (bicyclic) bond motifs is 2. The fraction of sp³-hybridized carbons (Fsp3) is 0.650. The summed E-state index contributed by atoms with van der Waals surface area (Å²) in [5.41, 5.74) is -0.881. The van der Waals surface area contributed by atoms with E-state index in [2.05, 4.69) is 4.72 Å². The van der Waals surface area contributed by atoms with E-state index in [0.29, 0.717) is 25.9 Å². The molecule has 0 saturated heterocycles. The number of benzene rings is 1. The van der Waals surface area contributed by atoms with Crippen LogP contribution in [0.2, 0.25) is 0 Å². The van der Waals surface area contributed by atoms with Crippen LogP contribution in [-0.4, -0.2) is 45.8 Å². The number of nitrogens with zero attached hydrogens (tertiary/aromatic N) is 1. The Bertz CT molecular complexity index is 996. The van der Waals surface area contributed by atoms with Gasteiger partial charge < -0.3 is 0 Å². The van der Waals surface area contributed by atoms with Crippen LogP contribution in [-0.2, 0) is 24.8 Å². The SMILES string of the molecule is CCN(CC)S(=O)(=O)c1ccc(NS(=O)(=O)C[C@]23CC[C@H](CC2=O)C3(C)C)cc1. The molecule has 0 amide bonds. The predicted molar refractivity (Wildman–Crippen MR) is 113 cm³/mol. The Morgan fingerprint density at radius 3 is 2.10 bits per heavy atom. The Hall–Kier alpha value is -1.45. The molecule has 3 rings (SSSR count). The van der Waals surface area contributed by atoms with Crippen molar-refractivity contribution in [3.63, 3.8) is 0 Å². The van der Waals surface area contributed by atoms with Crippen LogP contribution >= 0.6 is 0 Å². The number of Topliss-reactive ketones (excluding diaryl/α,β-unsaturated/α-hetero) is 1. The van der Waals surface area contributed by atoms with Gasteiger partial charge in [-0.3, -0.25) is 9.52 Å². The van der Waals surface area contributed by atoms with Gasteiger partial charge in [-0.1, -0.05) is 27.7 Å². The van der Waals surface area contributed by atoms with Crippen molar-refractivity contribution in [2.24, 2.45) is 16.7 Å². The molecule has 9 heteroatoms. The Morgan fingerprint density at radius 1 is 1.07 bits per heavy atom. The number of sulfonamides is 2. The number of rotatable bonds is 8. The smallest absolute Gasteiger partial charge is 0.243 e. The minimum absolute atomic E-state index is 0.0461. The van der Waals surface area contributed by atoms with Crippen molar-refractivity contribution in [3.05, 3.63) is 24.3 Å². The van der Waals surface area contributed by atoms with Gasteiger partial charge in [0.05, 0.1) is 16.1 Å². The highest BCUT2D eigenvalue weighted by atomic mass is 32.2. The molecule has 0 heterocycles. The third kappa shape index (κ3) is 3.61. The number of nitrogens with one attached hydrogen (secondary N) is 1. The van der Waals surface area contributed by atoms with E-state index >= 15 is 0 Å². The van der Waals surface area contributed by atoms with Crippen LogP contribution in [0.25, 0.3) is 0 Å². The molecule has 2 saturated carbocycles. The van der Waals surface area contributed by atoms with Gasteiger partial charge in [0.1, 0.15) is 5.78 Å². The topological polar surface area (TPSA) is 101 Å². The van der Waals surface area contributed by atoms with E-state index in [1.807, 2.05) is 13.8 Å². The predicted octanol–water partition coefficient (Wildman–Crippen LogP) is 2.85. The van der Waals surface area contributed by atoms with E-state index in [9.17, 15) is 21.6 Å². The molecular weight excluding hydrogens is 412 g/mol. The number of hydrogen-bond acceptors (Lipinski definition) is 5. The van der Waals surface area contributed by atoms with Gasteiger partial charge in [0.2, 0.25) is 20.0 Å². The van der Waals surface area contributed by atoms with Crippen molar-refractivity contribution in [1.82, 2.24) is 4.31 Å². The zero-order valence-electron chi connectivity index (χ0n) is 17.4. The van der Waals surface area contributed by atoms with Crippen molar-refractivity contribution >= 4 is 31.5 Å². The summed E-state index contributed by atoms with van der Waals surface area (Å²) in [6.07, 6.45) is 1.94. The average molecular weight is 443 g/mol. The van der Waals surface area contributed by atoms with E-state index in [4.69, 9.17) is 0 Å². The molecule has 2 aliphatic rings. The maximum absolute atomic E-state index is 12.9. The third-order valence-electron chi connectivity index (χ3n) is 7.05. The molecule has 0 spiro atoms. The molecule has 2 bridgehead atoms. The largest absolute Gasteiger partial charge is 0.299 e. The number of ketones is 1. The molecule has 29 heavy (non-hydrogen) atoms. The summed E-state index contributed by atoms with van der Waals surface area (Å²) in [7, 11) is -7.37. The minimum Gasteiger partial charge on any atom is -0.299 e. The van der Waals surface area contributed by atoms with E-state index in [1.165, 1.54) is 28.6 Å². The van der Waals surface area contributed by atoms with Crippen LogP contribution in [0.15, 0.2) is 29.2 Å². The highest BCUT2D eigenvalue weighted by Crippen LogP contribution is 2.64. The van der Waals surface area contributed by atoms with Crippen molar-refractivity contribution in [2.45, 2.75) is 51.9 Å². The van der Waals surface area contributed by atoms with Gasteiger partial charge in [-0.25, -0.2) is 16.8 Å². The second-order valence-corrected chi connectivity index (χ2v) is 12.3. The molecule has 2 atom stereocenters. The molecule has 7 nitrogen and oxygen atoms in total. The first-order valence-electron chi connectivity index (χ1n) is 10.0. The number of anilines is 1. The molecule has 2 aliphatic carbocycles. The zero-order chi connectivity index (χ0) is 21.7. The van der Waals surface area contributed by atoms with Gasteiger partial charge in [0.15, 0.2) is 0 Å². The van der Waals surface area contributed by atoms with Crippen LogP contribution < -0.4 is 4.72 Å². The average Bonchev–Trinajstić information content (AvgIpc) is 2.96. The minimum atomic E-state index is -3.77. The van der Waals surface area contributed by atoms with Gasteiger partial charge in [0.25, 0.3) is 0 Å². The fourth-order valence-electron chi connectivity index (χ4n) is 5.06. The molecule has 1 aromatic rings. The molecule has 0 aliphatic heterocycles. The van der Waals surface area contributed by atoms with E-state index in [1.54, 1.807) is 13.8 Å². The van der Waals surface area contributed by atoms with Gasteiger partial charge >= 0.3 is 0 Å². The number of hydrogen-bond donors (Lipinski definition) is 1. The van der Waals surface area contributed by atoms with E-state index in [-0.39, 0.29) is 33.5 Å². The molecule has 0 radical (unpaired) electrons. The Kier molecular flexibility index (Phi) is 5.64. The second kappa shape index (κ2) is 7.35. The standard InChI is InChI=1S/C20H30N2O5S2/c1-5-22(6-2)29(26,27)17-9-7-16(8-10-17)21-28(24,25)14-20-12-11-15(13-18(20)23)19(20,3)4/h7-10,15,21H,5-6,11-14H2,1-4H3/t15-,20-/m1/s1. The van der Waals surface area contributed by atoms with Gasteiger partial charge in [0, 0.05) is 25.2 Å². The third-order valence-corrected chi connectivity index (χ3v) is 10.5. The molecule has 1 N–H and O–H groups in total. The van der Waals surface area contributed by atoms with Gasteiger partial charge in [-0.15, -0.1) is 0 Å². The number of carbonyl (C=O) groups excluding carboxylic acids is 1. The number of carbonyl (C=O) groups is 1. The van der Waals surface area contributed by atoms with Crippen molar-refractivity contribution in [1.29, 1.82) is 0 Å². The quantitative estimate of drug-likeness (QED) is 0.667. The molecule has 1 aromatic carbocycles. The van der Waals surface area contributed by atoms with E-state index in [0.717, 1.165) is 6.42 Å². The van der Waals surface area contributed by atoms with E-state index < -0.39 is 25.5 Å². The summed E-state index contributed by atoms with van der Waals surface area (Å²) < 4.78 is 54.7. The van der Waals surface area contributed by atoms with Crippen LogP contribution in [0, 0.1) is 16.7 Å². The Morgan fingerprint density at radius 2 is 1.66 bits per heavy atom. The molecule has 0 aromatic heterocycles. The van der Waals surface area contributed by atoms with Gasteiger partial charge in [-0.2, -0.15) is 4.31 Å². The van der Waals surface area contributed by atoms with Crippen LogP contribution in [0.4, 0.5) is 5.69 Å². The summed E-state index contributed by atoms with van der Waals surface area (Å²) in [4.78, 5) is 12.7. The summed E-state index contributed by atoms with van der Waals surface area (Å²) in [6, 6.07) is 5.70. The maximum atomic E-state index is 12.9. The lowest BCUT2D eigenvalue weighted by Crippen LogP contribution is -2.43. The summed E-state index contributed by atoms with van der Waals surface area (Å²) >= 11 is 0. The highest BCUT2D eigenvalue weighted by molar-refractivity contribution is 7.92. The van der Waals surface area contributed by atoms with Crippen LogP contribution in [0.5, 0.6) is 0 Å². The lowest BCUT2D eigenvalue weighted by atomic mass is 9.70. The zero-order valence-corrected chi connectivity index (χ0v) is 19.1. The monoisotopic (exact) mass is 442 g/mol. The van der Waals surface area contributed by atoms with Crippen molar-refractivity contribution < 1.29 is 21.6 Å². The Balaban J connectivity index is 1.79. The molecule has 162 valence electrons. The molecule has 2 fully saturated rings. The summed E-state index contributed by atoms with van der Waals surface area (Å²) in [6.45, 7) is 8.25. The summed E-state index contributed by atoms with van der Waals surface area (Å²) in [5.74, 6) is 0.0570. The molecule has 0 unspecified atom stereocenters. The lowest BCUT2D eigenvalue weighted by Gasteiger charge is -2.36. The second-order valence-electron chi connectivity index (χ2n) is 8.64. The fourth-order valence-corrected chi connectivity index (χ4v) is 8.41. The van der Waals surface area contributed by atoms with Crippen molar-refractivity contribution in [2.75, 3.05) is 23.6 Å². The van der Waals surface area contributed by atoms with Crippen LogP contribution in [0.3, 0.4) is 0 Å². The summed E-state index contributed by atoms with van der Waals surface area (Å²) in [5, 5.41) is 0. The normalized spacial score (nSPS) is 26.2. The maximum Gasteiger partial charge on any atom is 0.243 e. The molecular formula is C20H30N2O5S2. The highest BCUT2D eigenvalue weighted by Gasteiger charge is 2.65. The van der Waals surface area contributed by atoms with Crippen molar-refractivity contribution in [3.8, 4) is 0 Å². The first-order valence-corrected chi connectivity index (χ1v) is 13.1. The van der Waals surface area contributed by atoms with Crippen LogP contribution in [0.1, 0.15) is 47.0 Å². The Labute approximate surface area is 174 Å². The first kappa shape index (κ1) is 22.2. The first-order chi connectivity index (χ1) is 13.4. The van der Waals surface area contributed by atoms with Gasteiger partial charge in [-0.05, 0) is 48.4 Å².